The second-order valence-corrected chi connectivity index (χ2v) is 5.69. The number of hydrogen-bond donors (Lipinski definition) is 0. The molecule has 0 bridgehead atoms. The van der Waals surface area contributed by atoms with Gasteiger partial charge in [-0.3, -0.25) is 4.79 Å². The lowest BCUT2D eigenvalue weighted by Crippen LogP contribution is -2.43. The average molecular weight is 269 g/mol. The number of amides is 1. The summed E-state index contributed by atoms with van der Waals surface area (Å²) >= 11 is 0. The van der Waals surface area contributed by atoms with Crippen molar-refractivity contribution in [2.75, 3.05) is 13.1 Å². The Morgan fingerprint density at radius 3 is 1.74 bits per heavy atom. The summed E-state index contributed by atoms with van der Waals surface area (Å²) in [6.07, 6.45) is 8.11. The van der Waals surface area contributed by atoms with Gasteiger partial charge in [0.25, 0.3) is 0 Å². The minimum atomic E-state index is 0.258. The summed E-state index contributed by atoms with van der Waals surface area (Å²) in [5, 5.41) is 0. The quantitative estimate of drug-likeness (QED) is 0.614. The summed E-state index contributed by atoms with van der Waals surface area (Å²) < 4.78 is 0. The van der Waals surface area contributed by atoms with Crippen LogP contribution in [-0.2, 0) is 4.79 Å². The van der Waals surface area contributed by atoms with Crippen molar-refractivity contribution in [3.8, 4) is 0 Å². The van der Waals surface area contributed by atoms with E-state index in [4.69, 9.17) is 0 Å². The van der Waals surface area contributed by atoms with E-state index in [1.54, 1.807) is 6.92 Å². The number of carbonyl (C=O) groups is 1. The van der Waals surface area contributed by atoms with E-state index in [9.17, 15) is 4.79 Å². The highest BCUT2D eigenvalue weighted by atomic mass is 16.2. The third kappa shape index (κ3) is 5.54. The second kappa shape index (κ2) is 9.39. The largest absolute Gasteiger partial charge is 0.343 e. The summed E-state index contributed by atoms with van der Waals surface area (Å²) in [6, 6.07) is 0. The molecule has 0 N–H and O–H groups in total. The molecule has 0 radical (unpaired) electrons. The van der Waals surface area contributed by atoms with E-state index in [-0.39, 0.29) is 5.91 Å². The summed E-state index contributed by atoms with van der Waals surface area (Å²) in [7, 11) is 0. The van der Waals surface area contributed by atoms with E-state index in [0.29, 0.717) is 5.41 Å². The molecule has 1 amide bonds. The SMILES string of the molecule is CC.CC.CC(=O)N1CCC2(CCC(C)CC2)CC1. The van der Waals surface area contributed by atoms with Crippen LogP contribution in [-0.4, -0.2) is 23.9 Å². The van der Waals surface area contributed by atoms with Crippen LogP contribution in [0.2, 0.25) is 0 Å². The number of carbonyl (C=O) groups excluding carboxylic acids is 1. The lowest BCUT2D eigenvalue weighted by atomic mass is 9.66. The first kappa shape index (κ1) is 18.5. The summed E-state index contributed by atoms with van der Waals surface area (Å²) in [4.78, 5) is 13.3. The van der Waals surface area contributed by atoms with Crippen molar-refractivity contribution in [1.29, 1.82) is 0 Å². The Hall–Kier alpha value is -0.530. The van der Waals surface area contributed by atoms with Crippen molar-refractivity contribution in [2.45, 2.75) is 80.1 Å². The van der Waals surface area contributed by atoms with Crippen LogP contribution in [0.25, 0.3) is 0 Å². The third-order valence-electron chi connectivity index (χ3n) is 4.60. The number of hydrogen-bond acceptors (Lipinski definition) is 1. The van der Waals surface area contributed by atoms with Crippen molar-refractivity contribution < 1.29 is 4.79 Å². The second-order valence-electron chi connectivity index (χ2n) is 5.69. The minimum Gasteiger partial charge on any atom is -0.343 e. The van der Waals surface area contributed by atoms with Crippen molar-refractivity contribution in [2.24, 2.45) is 11.3 Å². The molecule has 1 saturated heterocycles. The van der Waals surface area contributed by atoms with Gasteiger partial charge in [-0.25, -0.2) is 0 Å². The van der Waals surface area contributed by atoms with Crippen LogP contribution in [0.4, 0.5) is 0 Å². The zero-order chi connectivity index (χ0) is 14.9. The molecule has 0 atom stereocenters. The third-order valence-corrected chi connectivity index (χ3v) is 4.60. The molecular formula is C17H35NO. The Morgan fingerprint density at radius 1 is 0.947 bits per heavy atom. The molecule has 0 aromatic carbocycles. The number of nitrogens with zero attached hydrogens (tertiary/aromatic N) is 1. The van der Waals surface area contributed by atoms with Gasteiger partial charge in [0, 0.05) is 20.0 Å². The number of likely N-dealkylation sites (tertiary alicyclic amines) is 1. The highest BCUT2D eigenvalue weighted by molar-refractivity contribution is 5.73. The molecule has 114 valence electrons. The molecule has 0 unspecified atom stereocenters. The first-order chi connectivity index (χ1) is 9.11. The fourth-order valence-electron chi connectivity index (χ4n) is 3.17. The van der Waals surface area contributed by atoms with Crippen LogP contribution >= 0.6 is 0 Å². The van der Waals surface area contributed by atoms with Crippen LogP contribution in [0.3, 0.4) is 0 Å². The van der Waals surface area contributed by atoms with Gasteiger partial charge in [-0.15, -0.1) is 0 Å². The maximum absolute atomic E-state index is 11.2. The van der Waals surface area contributed by atoms with E-state index >= 15 is 0 Å². The Morgan fingerprint density at radius 2 is 1.37 bits per heavy atom. The summed E-state index contributed by atoms with van der Waals surface area (Å²) in [5.74, 6) is 1.19. The molecule has 0 aromatic heterocycles. The normalized spacial score (nSPS) is 21.9. The predicted octanol–water partition coefficient (Wildman–Crippen LogP) is 4.88. The van der Waals surface area contributed by atoms with Gasteiger partial charge in [-0.05, 0) is 37.0 Å². The van der Waals surface area contributed by atoms with Crippen molar-refractivity contribution >= 4 is 5.91 Å². The summed E-state index contributed by atoms with van der Waals surface area (Å²) in [6.45, 7) is 14.1. The predicted molar refractivity (Wildman–Crippen MR) is 84.2 cm³/mol. The van der Waals surface area contributed by atoms with Crippen LogP contribution in [0.1, 0.15) is 80.1 Å². The van der Waals surface area contributed by atoms with E-state index in [1.807, 2.05) is 32.6 Å². The van der Waals surface area contributed by atoms with Gasteiger partial charge in [0.05, 0.1) is 0 Å². The Balaban J connectivity index is 0.000000741. The fraction of sp³-hybridized carbons (Fsp3) is 0.941. The molecule has 2 aliphatic rings. The smallest absolute Gasteiger partial charge is 0.219 e. The lowest BCUT2D eigenvalue weighted by Gasteiger charge is -2.45. The monoisotopic (exact) mass is 269 g/mol. The molecule has 1 aliphatic heterocycles. The number of piperidine rings is 1. The highest BCUT2D eigenvalue weighted by Crippen LogP contribution is 2.46. The Bertz CT molecular complexity index is 232. The maximum atomic E-state index is 11.2. The average Bonchev–Trinajstić information content (AvgIpc) is 2.47. The molecule has 2 rings (SSSR count). The molecule has 1 heterocycles. The van der Waals surface area contributed by atoms with Gasteiger partial charge in [0.2, 0.25) is 5.91 Å². The number of rotatable bonds is 0. The molecule has 1 aliphatic carbocycles. The van der Waals surface area contributed by atoms with Gasteiger partial charge in [0.15, 0.2) is 0 Å². The summed E-state index contributed by atoms with van der Waals surface area (Å²) in [5.41, 5.74) is 0.610. The molecule has 0 aromatic rings. The standard InChI is InChI=1S/C13H23NO.2C2H6/c1-11-3-5-13(6-4-11)7-9-14(10-8-13)12(2)15;2*1-2/h11H,3-10H2,1-2H3;2*1-2H3. The molecule has 2 nitrogen and oxygen atoms in total. The van der Waals surface area contributed by atoms with E-state index < -0.39 is 0 Å². The van der Waals surface area contributed by atoms with Crippen LogP contribution in [0.5, 0.6) is 0 Å². The Kier molecular flexibility index (Phi) is 9.12. The van der Waals surface area contributed by atoms with E-state index in [0.717, 1.165) is 19.0 Å². The zero-order valence-electron chi connectivity index (χ0n) is 14.1. The molecule has 19 heavy (non-hydrogen) atoms. The zero-order valence-corrected chi connectivity index (χ0v) is 14.1. The van der Waals surface area contributed by atoms with Gasteiger partial charge in [-0.1, -0.05) is 47.5 Å². The van der Waals surface area contributed by atoms with Crippen molar-refractivity contribution in [3.63, 3.8) is 0 Å². The minimum absolute atomic E-state index is 0.258. The van der Waals surface area contributed by atoms with Crippen LogP contribution in [0.15, 0.2) is 0 Å². The van der Waals surface area contributed by atoms with Crippen LogP contribution in [0, 0.1) is 11.3 Å². The van der Waals surface area contributed by atoms with Gasteiger partial charge in [0.1, 0.15) is 0 Å². The van der Waals surface area contributed by atoms with E-state index in [2.05, 4.69) is 6.92 Å². The lowest BCUT2D eigenvalue weighted by molar-refractivity contribution is -0.131. The molecule has 1 spiro atoms. The fourth-order valence-corrected chi connectivity index (χ4v) is 3.17. The van der Waals surface area contributed by atoms with Crippen molar-refractivity contribution in [3.05, 3.63) is 0 Å². The first-order valence-electron chi connectivity index (χ1n) is 8.37. The van der Waals surface area contributed by atoms with Gasteiger partial charge < -0.3 is 4.90 Å². The Labute approximate surface area is 120 Å². The van der Waals surface area contributed by atoms with Gasteiger partial charge in [-0.2, -0.15) is 0 Å². The topological polar surface area (TPSA) is 20.3 Å². The molecule has 1 saturated carbocycles. The maximum Gasteiger partial charge on any atom is 0.219 e. The first-order valence-corrected chi connectivity index (χ1v) is 8.37. The van der Waals surface area contributed by atoms with Gasteiger partial charge >= 0.3 is 0 Å². The van der Waals surface area contributed by atoms with E-state index in [1.165, 1.54) is 38.5 Å². The van der Waals surface area contributed by atoms with Crippen molar-refractivity contribution in [1.82, 2.24) is 4.90 Å². The molecule has 2 fully saturated rings. The van der Waals surface area contributed by atoms with Crippen LogP contribution < -0.4 is 0 Å². The highest BCUT2D eigenvalue weighted by Gasteiger charge is 2.37. The molecule has 2 heteroatoms. The molecular weight excluding hydrogens is 234 g/mol.